The first-order valence-electron chi connectivity index (χ1n) is 8.14. The maximum absolute atomic E-state index is 12.2. The monoisotopic (exact) mass is 361 g/mol. The lowest BCUT2D eigenvalue weighted by molar-refractivity contribution is -0.118. The van der Waals surface area contributed by atoms with Crippen LogP contribution in [-0.2, 0) is 4.79 Å². The Hall–Kier alpha value is -2.40. The van der Waals surface area contributed by atoms with Crippen LogP contribution in [0.4, 0.5) is 5.69 Å². The molecule has 1 aliphatic rings. The summed E-state index contributed by atoms with van der Waals surface area (Å²) in [5.74, 6) is 1.91. The smallest absolute Gasteiger partial charge is 0.262 e. The minimum absolute atomic E-state index is 0.105. The number of hydrogen-bond acceptors (Lipinski definition) is 4. The second-order valence-electron chi connectivity index (χ2n) is 6.04. The Balaban J connectivity index is 1.62. The fourth-order valence-electron chi connectivity index (χ4n) is 2.46. The van der Waals surface area contributed by atoms with Crippen LogP contribution in [0.15, 0.2) is 36.4 Å². The molecule has 0 aromatic heterocycles. The van der Waals surface area contributed by atoms with Crippen LogP contribution in [0.25, 0.3) is 0 Å². The van der Waals surface area contributed by atoms with Crippen LogP contribution < -0.4 is 19.5 Å². The average Bonchev–Trinajstić information content (AvgIpc) is 2.61. The minimum atomic E-state index is -0.298. The van der Waals surface area contributed by atoms with Gasteiger partial charge in [0.2, 0.25) is 0 Å². The molecule has 132 valence electrons. The van der Waals surface area contributed by atoms with E-state index < -0.39 is 0 Å². The van der Waals surface area contributed by atoms with Crippen LogP contribution in [0.3, 0.4) is 0 Å². The number of carbonyl (C=O) groups excluding carboxylic acids is 1. The van der Waals surface area contributed by atoms with E-state index in [0.29, 0.717) is 47.1 Å². The van der Waals surface area contributed by atoms with Crippen molar-refractivity contribution in [1.82, 2.24) is 0 Å². The highest BCUT2D eigenvalue weighted by Gasteiger charge is 2.16. The maximum Gasteiger partial charge on any atom is 0.262 e. The quantitative estimate of drug-likeness (QED) is 0.864. The van der Waals surface area contributed by atoms with E-state index in [4.69, 9.17) is 25.8 Å². The van der Waals surface area contributed by atoms with Gasteiger partial charge in [-0.2, -0.15) is 0 Å². The van der Waals surface area contributed by atoms with Crippen molar-refractivity contribution in [3.05, 3.63) is 47.0 Å². The molecule has 1 amide bonds. The number of benzene rings is 2. The third-order valence-electron chi connectivity index (χ3n) is 3.80. The molecule has 0 saturated heterocycles. The lowest BCUT2D eigenvalue weighted by atomic mass is 10.0. The van der Waals surface area contributed by atoms with Gasteiger partial charge in [-0.1, -0.05) is 37.6 Å². The first-order chi connectivity index (χ1) is 12.0. The zero-order chi connectivity index (χ0) is 17.8. The Labute approximate surface area is 151 Å². The molecule has 5 nitrogen and oxygen atoms in total. The Morgan fingerprint density at radius 3 is 2.64 bits per heavy atom. The fourth-order valence-corrected chi connectivity index (χ4v) is 2.66. The normalized spacial score (nSPS) is 12.8. The van der Waals surface area contributed by atoms with Gasteiger partial charge < -0.3 is 19.5 Å². The van der Waals surface area contributed by atoms with E-state index in [1.54, 1.807) is 12.1 Å². The van der Waals surface area contributed by atoms with E-state index in [9.17, 15) is 4.79 Å². The predicted molar refractivity (Wildman–Crippen MR) is 97.1 cm³/mol. The number of nitrogens with one attached hydrogen (secondary N) is 1. The second-order valence-corrected chi connectivity index (χ2v) is 6.45. The average molecular weight is 362 g/mol. The summed E-state index contributed by atoms with van der Waals surface area (Å²) in [6, 6.07) is 11.0. The molecule has 0 fully saturated rings. The number of halogens is 1. The van der Waals surface area contributed by atoms with E-state index in [2.05, 4.69) is 19.2 Å². The molecule has 1 heterocycles. The zero-order valence-corrected chi connectivity index (χ0v) is 14.9. The van der Waals surface area contributed by atoms with Gasteiger partial charge in [0.15, 0.2) is 18.1 Å². The van der Waals surface area contributed by atoms with Gasteiger partial charge in [-0.15, -0.1) is 0 Å². The van der Waals surface area contributed by atoms with Crippen LogP contribution in [0.2, 0.25) is 5.02 Å². The Bertz CT molecular complexity index is 776. The number of ether oxygens (including phenoxy) is 3. The van der Waals surface area contributed by atoms with Gasteiger partial charge in [0.05, 0.1) is 10.7 Å². The van der Waals surface area contributed by atoms with Crippen molar-refractivity contribution in [2.24, 2.45) is 0 Å². The Kier molecular flexibility index (Phi) is 5.34. The first-order valence-corrected chi connectivity index (χ1v) is 8.52. The molecule has 0 bridgehead atoms. The summed E-state index contributed by atoms with van der Waals surface area (Å²) in [6.07, 6.45) is 0. The molecule has 1 N–H and O–H groups in total. The SMILES string of the molecule is CC(C)c1cccc(OCC(=O)Nc2cc3c(cc2Cl)OCCO3)c1. The summed E-state index contributed by atoms with van der Waals surface area (Å²) in [4.78, 5) is 12.2. The summed E-state index contributed by atoms with van der Waals surface area (Å²) in [7, 11) is 0. The summed E-state index contributed by atoms with van der Waals surface area (Å²) in [6.45, 7) is 5.06. The van der Waals surface area contributed by atoms with Gasteiger partial charge in [0.1, 0.15) is 19.0 Å². The van der Waals surface area contributed by atoms with E-state index in [1.165, 1.54) is 0 Å². The Morgan fingerprint density at radius 1 is 1.20 bits per heavy atom. The highest BCUT2D eigenvalue weighted by Crippen LogP contribution is 2.37. The molecule has 25 heavy (non-hydrogen) atoms. The van der Waals surface area contributed by atoms with Gasteiger partial charge >= 0.3 is 0 Å². The van der Waals surface area contributed by atoms with Crippen molar-refractivity contribution in [2.75, 3.05) is 25.1 Å². The van der Waals surface area contributed by atoms with Gasteiger partial charge in [0, 0.05) is 12.1 Å². The zero-order valence-electron chi connectivity index (χ0n) is 14.2. The number of anilines is 1. The summed E-state index contributed by atoms with van der Waals surface area (Å²) >= 11 is 6.19. The minimum Gasteiger partial charge on any atom is -0.486 e. The molecule has 0 saturated carbocycles. The van der Waals surface area contributed by atoms with Crippen molar-refractivity contribution >= 4 is 23.2 Å². The highest BCUT2D eigenvalue weighted by atomic mass is 35.5. The van der Waals surface area contributed by atoms with E-state index in [-0.39, 0.29) is 12.5 Å². The molecular formula is C19H20ClNO4. The number of amides is 1. The third kappa shape index (κ3) is 4.37. The van der Waals surface area contributed by atoms with Gasteiger partial charge in [-0.05, 0) is 23.6 Å². The van der Waals surface area contributed by atoms with Gasteiger partial charge in [0.25, 0.3) is 5.91 Å². The van der Waals surface area contributed by atoms with Crippen molar-refractivity contribution in [3.63, 3.8) is 0 Å². The molecule has 2 aromatic rings. The molecule has 2 aromatic carbocycles. The predicted octanol–water partition coefficient (Wildman–Crippen LogP) is 4.25. The van der Waals surface area contributed by atoms with Crippen molar-refractivity contribution in [3.8, 4) is 17.2 Å². The van der Waals surface area contributed by atoms with Gasteiger partial charge in [-0.3, -0.25) is 4.79 Å². The van der Waals surface area contributed by atoms with Crippen molar-refractivity contribution in [1.29, 1.82) is 0 Å². The molecule has 0 unspecified atom stereocenters. The summed E-state index contributed by atoms with van der Waals surface area (Å²) in [5.41, 5.74) is 1.63. The van der Waals surface area contributed by atoms with Gasteiger partial charge in [-0.25, -0.2) is 0 Å². The lowest BCUT2D eigenvalue weighted by Crippen LogP contribution is -2.21. The van der Waals surface area contributed by atoms with E-state index in [1.807, 2.05) is 24.3 Å². The van der Waals surface area contributed by atoms with Crippen LogP contribution >= 0.6 is 11.6 Å². The van der Waals surface area contributed by atoms with Crippen LogP contribution in [0.5, 0.6) is 17.2 Å². The molecule has 3 rings (SSSR count). The molecule has 0 aliphatic carbocycles. The number of carbonyl (C=O) groups is 1. The first kappa shape index (κ1) is 17.4. The van der Waals surface area contributed by atoms with Crippen molar-refractivity contribution in [2.45, 2.75) is 19.8 Å². The maximum atomic E-state index is 12.2. The van der Waals surface area contributed by atoms with E-state index >= 15 is 0 Å². The molecular weight excluding hydrogens is 342 g/mol. The second kappa shape index (κ2) is 7.66. The third-order valence-corrected chi connectivity index (χ3v) is 4.11. The van der Waals surface area contributed by atoms with Crippen LogP contribution in [-0.4, -0.2) is 25.7 Å². The number of fused-ring (bicyclic) bond motifs is 1. The van der Waals surface area contributed by atoms with Crippen LogP contribution in [0, 0.1) is 0 Å². The summed E-state index contributed by atoms with van der Waals surface area (Å²) < 4.78 is 16.5. The fraction of sp³-hybridized carbons (Fsp3) is 0.316. The number of hydrogen-bond donors (Lipinski definition) is 1. The highest BCUT2D eigenvalue weighted by molar-refractivity contribution is 6.34. The topological polar surface area (TPSA) is 56.8 Å². The standard InChI is InChI=1S/C19H20ClNO4/c1-12(2)13-4-3-5-14(8-13)25-11-19(22)21-16-10-18-17(9-15(16)20)23-6-7-24-18/h3-5,8-10,12H,6-7,11H2,1-2H3,(H,21,22). The molecule has 6 heteroatoms. The largest absolute Gasteiger partial charge is 0.486 e. The van der Waals surface area contributed by atoms with Crippen molar-refractivity contribution < 1.29 is 19.0 Å². The molecule has 0 radical (unpaired) electrons. The van der Waals surface area contributed by atoms with E-state index in [0.717, 1.165) is 5.56 Å². The lowest BCUT2D eigenvalue weighted by Gasteiger charge is -2.20. The summed E-state index contributed by atoms with van der Waals surface area (Å²) in [5, 5.41) is 3.12. The molecule has 1 aliphatic heterocycles. The molecule has 0 atom stereocenters. The van der Waals surface area contributed by atoms with Crippen LogP contribution in [0.1, 0.15) is 25.3 Å². The number of rotatable bonds is 5. The molecule has 0 spiro atoms. The Morgan fingerprint density at radius 2 is 1.92 bits per heavy atom.